The second-order valence-corrected chi connectivity index (χ2v) is 5.74. The molecular weight excluding hydrogens is 314 g/mol. The molecule has 22 heavy (non-hydrogen) atoms. The van der Waals surface area contributed by atoms with Gasteiger partial charge in [-0.1, -0.05) is 30.9 Å². The normalized spacial score (nSPS) is 11.3. The number of hydrogen-bond acceptors (Lipinski definition) is 4. The zero-order valence-electron chi connectivity index (χ0n) is 12.4. The molecule has 2 N–H and O–H groups in total. The van der Waals surface area contributed by atoms with Crippen LogP contribution in [0.25, 0.3) is 17.4 Å². The molecule has 0 radical (unpaired) electrons. The number of furan rings is 1. The van der Waals surface area contributed by atoms with Gasteiger partial charge in [0.15, 0.2) is 0 Å². The maximum absolute atomic E-state index is 9.79. The van der Waals surface area contributed by atoms with Crippen LogP contribution in [0.5, 0.6) is 5.75 Å². The zero-order chi connectivity index (χ0) is 16.1. The Labute approximate surface area is 139 Å². The topological polar surface area (TPSA) is 45.4 Å². The Hall–Kier alpha value is -1.98. The number of nitrogens with one attached hydrogen (secondary N) is 1. The average Bonchev–Trinajstić information content (AvgIpc) is 2.96. The predicted octanol–water partition coefficient (Wildman–Crippen LogP) is 4.73. The van der Waals surface area contributed by atoms with Crippen molar-refractivity contribution in [2.45, 2.75) is 6.92 Å². The van der Waals surface area contributed by atoms with Crippen LogP contribution >= 0.6 is 24.0 Å². The maximum atomic E-state index is 9.79. The third kappa shape index (κ3) is 3.81. The summed E-state index contributed by atoms with van der Waals surface area (Å²) < 4.78 is 5.82. The Kier molecular flexibility index (Phi) is 5.46. The molecule has 0 unspecified atom stereocenters. The molecule has 5 heteroatoms. The summed E-state index contributed by atoms with van der Waals surface area (Å²) in [6.07, 6.45) is 3.86. The van der Waals surface area contributed by atoms with Gasteiger partial charge in [-0.05, 0) is 43.0 Å². The molecule has 1 heterocycles. The largest absolute Gasteiger partial charge is 0.508 e. The molecule has 114 valence electrons. The SMILES string of the molecule is C=C(NC=S)/C(=C/c1ccc(-c2ccc(C)c(O)c2)o1)SC. The van der Waals surface area contributed by atoms with Gasteiger partial charge in [-0.15, -0.1) is 11.8 Å². The lowest BCUT2D eigenvalue weighted by Gasteiger charge is -2.06. The summed E-state index contributed by atoms with van der Waals surface area (Å²) in [4.78, 5) is 0.939. The van der Waals surface area contributed by atoms with E-state index in [0.29, 0.717) is 11.5 Å². The standard InChI is InChI=1S/C17H17NO2S2/c1-11-4-5-13(8-15(11)19)16-7-6-14(20-16)9-17(22-3)12(2)18-10-21/h4-10,19H,2H2,1,3H3,(H,18,21)/b17-9-. The minimum absolute atomic E-state index is 0.259. The second-order valence-electron chi connectivity index (χ2n) is 4.66. The highest BCUT2D eigenvalue weighted by atomic mass is 32.2. The summed E-state index contributed by atoms with van der Waals surface area (Å²) in [5.74, 6) is 1.68. The number of phenols is 1. The number of hydrogen-bond donors (Lipinski definition) is 2. The molecule has 0 fully saturated rings. The molecule has 0 aliphatic carbocycles. The van der Waals surface area contributed by atoms with Crippen LogP contribution in [0, 0.1) is 6.92 Å². The van der Waals surface area contributed by atoms with E-state index in [-0.39, 0.29) is 5.75 Å². The third-order valence-electron chi connectivity index (χ3n) is 3.14. The maximum Gasteiger partial charge on any atom is 0.134 e. The molecule has 2 aromatic rings. The van der Waals surface area contributed by atoms with Gasteiger partial charge in [0.25, 0.3) is 0 Å². The fourth-order valence-corrected chi connectivity index (χ4v) is 2.57. The average molecular weight is 331 g/mol. The van der Waals surface area contributed by atoms with Gasteiger partial charge in [-0.2, -0.15) is 0 Å². The van der Waals surface area contributed by atoms with Gasteiger partial charge in [0.05, 0.1) is 5.49 Å². The van der Waals surface area contributed by atoms with Gasteiger partial charge in [0.2, 0.25) is 0 Å². The van der Waals surface area contributed by atoms with E-state index in [0.717, 1.165) is 21.7 Å². The van der Waals surface area contributed by atoms with Crippen molar-refractivity contribution in [2.24, 2.45) is 0 Å². The molecule has 2 rings (SSSR count). The van der Waals surface area contributed by atoms with Crippen molar-refractivity contribution in [3.63, 3.8) is 0 Å². The summed E-state index contributed by atoms with van der Waals surface area (Å²) in [5, 5.41) is 12.7. The van der Waals surface area contributed by atoms with Crippen LogP contribution < -0.4 is 5.32 Å². The Morgan fingerprint density at radius 2 is 2.14 bits per heavy atom. The van der Waals surface area contributed by atoms with Crippen LogP contribution in [0.2, 0.25) is 0 Å². The molecule has 1 aromatic carbocycles. The van der Waals surface area contributed by atoms with Crippen LogP contribution in [-0.2, 0) is 0 Å². The van der Waals surface area contributed by atoms with E-state index >= 15 is 0 Å². The van der Waals surface area contributed by atoms with Gasteiger partial charge >= 0.3 is 0 Å². The van der Waals surface area contributed by atoms with Crippen LogP contribution in [0.4, 0.5) is 0 Å². The highest BCUT2D eigenvalue weighted by Crippen LogP contribution is 2.29. The molecule has 3 nitrogen and oxygen atoms in total. The summed E-state index contributed by atoms with van der Waals surface area (Å²) in [6, 6.07) is 9.24. The highest BCUT2D eigenvalue weighted by molar-refractivity contribution is 8.02. The van der Waals surface area contributed by atoms with E-state index < -0.39 is 0 Å². The highest BCUT2D eigenvalue weighted by Gasteiger charge is 2.07. The fraction of sp³-hybridized carbons (Fsp3) is 0.118. The summed E-state index contributed by atoms with van der Waals surface area (Å²) in [6.45, 7) is 5.78. The molecule has 0 atom stereocenters. The van der Waals surface area contributed by atoms with Gasteiger partial charge in [-0.3, -0.25) is 0 Å². The molecule has 0 bridgehead atoms. The molecule has 0 aliphatic rings. The van der Waals surface area contributed by atoms with Crippen molar-refractivity contribution in [1.29, 1.82) is 0 Å². The summed E-state index contributed by atoms with van der Waals surface area (Å²) in [7, 11) is 0. The van der Waals surface area contributed by atoms with E-state index in [2.05, 4.69) is 11.9 Å². The Morgan fingerprint density at radius 1 is 1.36 bits per heavy atom. The number of phenolic OH excluding ortho intramolecular Hbond substituents is 1. The lowest BCUT2D eigenvalue weighted by Crippen LogP contribution is -2.08. The summed E-state index contributed by atoms with van der Waals surface area (Å²) in [5.41, 5.74) is 3.83. The number of aryl methyl sites for hydroxylation is 1. The first-order valence-electron chi connectivity index (χ1n) is 6.60. The van der Waals surface area contributed by atoms with Crippen molar-refractivity contribution in [3.05, 3.63) is 58.8 Å². The van der Waals surface area contributed by atoms with Crippen LogP contribution in [0.1, 0.15) is 11.3 Å². The van der Waals surface area contributed by atoms with Crippen molar-refractivity contribution in [3.8, 4) is 17.1 Å². The lowest BCUT2D eigenvalue weighted by molar-refractivity contribution is 0.471. The van der Waals surface area contributed by atoms with E-state index in [1.54, 1.807) is 17.8 Å². The third-order valence-corrected chi connectivity index (χ3v) is 4.07. The van der Waals surface area contributed by atoms with E-state index in [1.807, 2.05) is 43.5 Å². The van der Waals surface area contributed by atoms with Crippen LogP contribution in [-0.4, -0.2) is 16.9 Å². The Morgan fingerprint density at radius 3 is 2.77 bits per heavy atom. The van der Waals surface area contributed by atoms with Gasteiger partial charge in [0, 0.05) is 16.2 Å². The zero-order valence-corrected chi connectivity index (χ0v) is 14.1. The molecular formula is C17H17NO2S2. The monoisotopic (exact) mass is 331 g/mol. The van der Waals surface area contributed by atoms with Crippen LogP contribution in [0.15, 0.2) is 51.9 Å². The number of benzene rings is 1. The first-order chi connectivity index (χ1) is 10.5. The van der Waals surface area contributed by atoms with Gasteiger partial charge in [-0.25, -0.2) is 0 Å². The van der Waals surface area contributed by atoms with Crippen molar-refractivity contribution in [1.82, 2.24) is 5.32 Å². The van der Waals surface area contributed by atoms with Crippen molar-refractivity contribution in [2.75, 3.05) is 6.26 Å². The van der Waals surface area contributed by atoms with E-state index in [1.165, 1.54) is 5.49 Å². The van der Waals surface area contributed by atoms with Gasteiger partial charge in [0.1, 0.15) is 17.3 Å². The molecule has 0 spiro atoms. The number of rotatable bonds is 6. The number of thioether (sulfide) groups is 1. The first-order valence-corrected chi connectivity index (χ1v) is 8.29. The predicted molar refractivity (Wildman–Crippen MR) is 98.0 cm³/mol. The summed E-state index contributed by atoms with van der Waals surface area (Å²) >= 11 is 6.33. The van der Waals surface area contributed by atoms with E-state index in [9.17, 15) is 5.11 Å². The van der Waals surface area contributed by atoms with Gasteiger partial charge < -0.3 is 14.8 Å². The molecule has 0 saturated heterocycles. The van der Waals surface area contributed by atoms with Crippen LogP contribution in [0.3, 0.4) is 0 Å². The Balaban J connectivity index is 2.28. The molecule has 0 aliphatic heterocycles. The molecule has 1 aromatic heterocycles. The number of aromatic hydroxyl groups is 1. The quantitative estimate of drug-likeness (QED) is 0.592. The van der Waals surface area contributed by atoms with Crippen molar-refractivity contribution < 1.29 is 9.52 Å². The number of thiocarbonyl (C=S) groups is 1. The molecule has 0 saturated carbocycles. The van der Waals surface area contributed by atoms with E-state index in [4.69, 9.17) is 16.6 Å². The minimum atomic E-state index is 0.259. The smallest absolute Gasteiger partial charge is 0.134 e. The minimum Gasteiger partial charge on any atom is -0.508 e. The lowest BCUT2D eigenvalue weighted by atomic mass is 10.1. The molecule has 0 amide bonds. The van der Waals surface area contributed by atoms with Crippen molar-refractivity contribution >= 4 is 35.5 Å². The fourth-order valence-electron chi connectivity index (χ4n) is 1.89. The first kappa shape index (κ1) is 16.4. The Bertz CT molecular complexity index is 732. The second kappa shape index (κ2) is 7.33.